The van der Waals surface area contributed by atoms with Crippen molar-refractivity contribution in [3.05, 3.63) is 34.6 Å². The van der Waals surface area contributed by atoms with Crippen LogP contribution in [-0.2, 0) is 11.3 Å². The van der Waals surface area contributed by atoms with Crippen LogP contribution >= 0.6 is 11.6 Å². The molecule has 0 bridgehead atoms. The van der Waals surface area contributed by atoms with Crippen LogP contribution in [0, 0.1) is 5.82 Å². The first kappa shape index (κ1) is 11.9. The highest BCUT2D eigenvalue weighted by Crippen LogP contribution is 2.16. The Morgan fingerprint density at radius 2 is 2.27 bits per heavy atom. The minimum Gasteiger partial charge on any atom is -0.281 e. The first-order chi connectivity index (χ1) is 7.00. The molecule has 0 atom stereocenters. The number of hydrazine groups is 1. The summed E-state index contributed by atoms with van der Waals surface area (Å²) in [4.78, 5) is 10.9. The number of carbonyl (C=O) groups is 1. The largest absolute Gasteiger partial charge is 0.281 e. The second kappa shape index (κ2) is 5.09. The van der Waals surface area contributed by atoms with E-state index in [0.29, 0.717) is 11.6 Å². The van der Waals surface area contributed by atoms with E-state index in [1.807, 2.05) is 0 Å². The number of carbonyl (C=O) groups excluding carboxylic acids is 1. The topological polar surface area (TPSA) is 32.3 Å². The summed E-state index contributed by atoms with van der Waals surface area (Å²) in [6.07, 6.45) is 0. The molecule has 0 spiro atoms. The van der Waals surface area contributed by atoms with E-state index in [1.54, 1.807) is 13.1 Å². The molecular weight excluding hydrogens is 219 g/mol. The summed E-state index contributed by atoms with van der Waals surface area (Å²) in [7, 11) is 1.61. The lowest BCUT2D eigenvalue weighted by Gasteiger charge is -2.16. The third kappa shape index (κ3) is 3.49. The molecule has 0 saturated carbocycles. The molecule has 0 heterocycles. The molecule has 15 heavy (non-hydrogen) atoms. The number of nitrogens with one attached hydrogen (secondary N) is 1. The fourth-order valence-corrected chi connectivity index (χ4v) is 1.21. The maximum Gasteiger partial charge on any atom is 0.233 e. The molecule has 0 aliphatic carbocycles. The Morgan fingerprint density at radius 3 is 2.80 bits per heavy atom. The number of nitrogens with zero attached hydrogens (tertiary/aromatic N) is 1. The Morgan fingerprint density at radius 1 is 1.60 bits per heavy atom. The minimum atomic E-state index is -0.372. The molecule has 1 aromatic carbocycles. The van der Waals surface area contributed by atoms with Crippen molar-refractivity contribution in [3.63, 3.8) is 0 Å². The highest BCUT2D eigenvalue weighted by atomic mass is 35.5. The fraction of sp³-hybridized carbons (Fsp3) is 0.300. The molecule has 0 aromatic heterocycles. The van der Waals surface area contributed by atoms with Crippen molar-refractivity contribution in [1.29, 1.82) is 0 Å². The Balaban J connectivity index is 2.62. The zero-order valence-electron chi connectivity index (χ0n) is 8.55. The zero-order chi connectivity index (χ0) is 11.4. The van der Waals surface area contributed by atoms with E-state index in [9.17, 15) is 9.18 Å². The van der Waals surface area contributed by atoms with Crippen molar-refractivity contribution in [1.82, 2.24) is 10.4 Å². The zero-order valence-corrected chi connectivity index (χ0v) is 9.31. The highest BCUT2D eigenvalue weighted by molar-refractivity contribution is 6.31. The van der Waals surface area contributed by atoms with Crippen molar-refractivity contribution in [3.8, 4) is 0 Å². The molecule has 0 aliphatic rings. The third-order valence-electron chi connectivity index (χ3n) is 1.99. The van der Waals surface area contributed by atoms with Gasteiger partial charge in [-0.3, -0.25) is 9.80 Å². The summed E-state index contributed by atoms with van der Waals surface area (Å²) < 4.78 is 12.7. The molecule has 0 unspecified atom stereocenters. The number of benzene rings is 1. The third-order valence-corrected chi connectivity index (χ3v) is 2.35. The lowest BCUT2D eigenvalue weighted by molar-refractivity contribution is -0.130. The van der Waals surface area contributed by atoms with Crippen LogP contribution in [0.5, 0.6) is 0 Å². The van der Waals surface area contributed by atoms with Gasteiger partial charge in [-0.15, -0.1) is 0 Å². The van der Waals surface area contributed by atoms with Crippen LogP contribution < -0.4 is 5.43 Å². The van der Waals surface area contributed by atoms with E-state index in [1.165, 1.54) is 24.1 Å². The van der Waals surface area contributed by atoms with Crippen LogP contribution in [0.1, 0.15) is 12.5 Å². The summed E-state index contributed by atoms with van der Waals surface area (Å²) >= 11 is 5.81. The van der Waals surface area contributed by atoms with E-state index in [4.69, 9.17) is 11.6 Å². The Labute approximate surface area is 92.8 Å². The van der Waals surface area contributed by atoms with Crippen molar-refractivity contribution in [2.75, 3.05) is 7.05 Å². The summed E-state index contributed by atoms with van der Waals surface area (Å²) in [5.41, 5.74) is 3.58. The van der Waals surface area contributed by atoms with Crippen molar-refractivity contribution in [2.45, 2.75) is 13.5 Å². The lowest BCUT2D eigenvalue weighted by atomic mass is 10.2. The number of hydrogen-bond acceptors (Lipinski definition) is 2. The van der Waals surface area contributed by atoms with Gasteiger partial charge in [0.05, 0.1) is 0 Å². The monoisotopic (exact) mass is 230 g/mol. The van der Waals surface area contributed by atoms with E-state index in [0.717, 1.165) is 5.56 Å². The number of rotatable bonds is 3. The van der Waals surface area contributed by atoms with Gasteiger partial charge in [0.1, 0.15) is 5.82 Å². The number of amides is 1. The van der Waals surface area contributed by atoms with Gasteiger partial charge in [-0.2, -0.15) is 0 Å². The Kier molecular flexibility index (Phi) is 4.05. The first-order valence-electron chi connectivity index (χ1n) is 4.42. The second-order valence-electron chi connectivity index (χ2n) is 3.15. The standard InChI is InChI=1S/C10H12ClFN2O/c1-7(15)14(2)13-6-8-3-4-9(12)5-10(8)11/h3-5,13H,6H2,1-2H3. The van der Waals surface area contributed by atoms with Gasteiger partial charge in [-0.1, -0.05) is 17.7 Å². The van der Waals surface area contributed by atoms with E-state index < -0.39 is 0 Å². The van der Waals surface area contributed by atoms with Gasteiger partial charge in [0.15, 0.2) is 0 Å². The van der Waals surface area contributed by atoms with Gasteiger partial charge >= 0.3 is 0 Å². The van der Waals surface area contributed by atoms with Crippen molar-refractivity contribution in [2.24, 2.45) is 0 Å². The molecule has 1 aromatic rings. The van der Waals surface area contributed by atoms with Crippen LogP contribution in [0.15, 0.2) is 18.2 Å². The summed E-state index contributed by atoms with van der Waals surface area (Å²) in [6, 6.07) is 4.15. The second-order valence-corrected chi connectivity index (χ2v) is 3.56. The lowest BCUT2D eigenvalue weighted by Crippen LogP contribution is -2.37. The highest BCUT2D eigenvalue weighted by Gasteiger charge is 2.04. The van der Waals surface area contributed by atoms with E-state index >= 15 is 0 Å². The average molecular weight is 231 g/mol. The maximum absolute atomic E-state index is 12.7. The average Bonchev–Trinajstić information content (AvgIpc) is 2.15. The van der Waals surface area contributed by atoms with Crippen LogP contribution in [0.3, 0.4) is 0 Å². The van der Waals surface area contributed by atoms with E-state index in [2.05, 4.69) is 5.43 Å². The summed E-state index contributed by atoms with van der Waals surface area (Å²) in [6.45, 7) is 1.83. The van der Waals surface area contributed by atoms with Gasteiger partial charge < -0.3 is 0 Å². The quantitative estimate of drug-likeness (QED) is 0.806. The van der Waals surface area contributed by atoms with Crippen molar-refractivity contribution < 1.29 is 9.18 Å². The first-order valence-corrected chi connectivity index (χ1v) is 4.80. The molecule has 0 fully saturated rings. The van der Waals surface area contributed by atoms with Gasteiger partial charge in [0.25, 0.3) is 0 Å². The Bertz CT molecular complexity index is 370. The van der Waals surface area contributed by atoms with Crippen LogP contribution in [-0.4, -0.2) is 18.0 Å². The molecule has 0 aliphatic heterocycles. The molecule has 0 radical (unpaired) electrons. The van der Waals surface area contributed by atoms with Crippen molar-refractivity contribution >= 4 is 17.5 Å². The van der Waals surface area contributed by atoms with Crippen LogP contribution in [0.25, 0.3) is 0 Å². The predicted molar refractivity (Wildman–Crippen MR) is 56.7 cm³/mol. The van der Waals surface area contributed by atoms with Crippen LogP contribution in [0.2, 0.25) is 5.02 Å². The molecular formula is C10H12ClFN2O. The summed E-state index contributed by atoms with van der Waals surface area (Å²) in [5, 5.41) is 1.69. The van der Waals surface area contributed by atoms with E-state index in [-0.39, 0.29) is 11.7 Å². The summed E-state index contributed by atoms with van der Waals surface area (Å²) in [5.74, 6) is -0.475. The van der Waals surface area contributed by atoms with Gasteiger partial charge in [0, 0.05) is 25.5 Å². The molecule has 1 amide bonds. The normalized spacial score (nSPS) is 10.1. The minimum absolute atomic E-state index is 0.103. The molecule has 3 nitrogen and oxygen atoms in total. The predicted octanol–water partition coefficient (Wildman–Crippen LogP) is 1.96. The molecule has 82 valence electrons. The van der Waals surface area contributed by atoms with Gasteiger partial charge in [0.2, 0.25) is 5.91 Å². The molecule has 1 rings (SSSR count). The SMILES string of the molecule is CC(=O)N(C)NCc1ccc(F)cc1Cl. The number of hydrogen-bond donors (Lipinski definition) is 1. The smallest absolute Gasteiger partial charge is 0.233 e. The van der Waals surface area contributed by atoms with Gasteiger partial charge in [-0.25, -0.2) is 9.82 Å². The number of halogens is 2. The fourth-order valence-electron chi connectivity index (χ4n) is 0.980. The molecule has 0 saturated heterocycles. The maximum atomic E-state index is 12.7. The molecule has 1 N–H and O–H groups in total. The molecule has 5 heteroatoms. The van der Waals surface area contributed by atoms with Crippen LogP contribution in [0.4, 0.5) is 4.39 Å². The van der Waals surface area contributed by atoms with Gasteiger partial charge in [-0.05, 0) is 17.7 Å². The Hall–Kier alpha value is -1.13.